The highest BCUT2D eigenvalue weighted by Crippen LogP contribution is 2.17. The van der Waals surface area contributed by atoms with Gasteiger partial charge in [-0.05, 0) is 19.4 Å². The Morgan fingerprint density at radius 2 is 2.50 bits per heavy atom. The average molecular weight is 208 g/mol. The standard InChI is InChI=1S/C9H12N4S/c1-9(11,6-10)3-5-14-8-2-4-12-7-13-8/h2,4,7H,3,5,11H2,1H3. The van der Waals surface area contributed by atoms with Crippen LogP contribution in [0.2, 0.25) is 0 Å². The molecule has 1 rings (SSSR count). The van der Waals surface area contributed by atoms with Gasteiger partial charge in [-0.25, -0.2) is 9.97 Å². The van der Waals surface area contributed by atoms with Gasteiger partial charge in [-0.1, -0.05) is 0 Å². The van der Waals surface area contributed by atoms with Crippen molar-refractivity contribution in [3.05, 3.63) is 18.6 Å². The zero-order valence-corrected chi connectivity index (χ0v) is 8.79. The normalized spacial score (nSPS) is 14.4. The third kappa shape index (κ3) is 3.73. The summed E-state index contributed by atoms with van der Waals surface area (Å²) in [7, 11) is 0. The minimum absolute atomic E-state index is 0.651. The van der Waals surface area contributed by atoms with Gasteiger partial charge in [0.1, 0.15) is 11.9 Å². The molecule has 1 aromatic heterocycles. The number of thioether (sulfide) groups is 1. The molecule has 1 atom stereocenters. The van der Waals surface area contributed by atoms with E-state index in [1.807, 2.05) is 6.07 Å². The van der Waals surface area contributed by atoms with Crippen LogP contribution in [0.15, 0.2) is 23.6 Å². The molecule has 2 N–H and O–H groups in total. The molecule has 5 heteroatoms. The molecule has 1 aromatic rings. The van der Waals surface area contributed by atoms with Crippen LogP contribution in [0.4, 0.5) is 0 Å². The van der Waals surface area contributed by atoms with Crippen LogP contribution in [0.25, 0.3) is 0 Å². The number of nitrogens with two attached hydrogens (primary N) is 1. The Labute approximate surface area is 87.6 Å². The summed E-state index contributed by atoms with van der Waals surface area (Å²) >= 11 is 1.58. The van der Waals surface area contributed by atoms with E-state index in [4.69, 9.17) is 11.0 Å². The molecule has 0 aromatic carbocycles. The second-order valence-corrected chi connectivity index (χ2v) is 4.29. The minimum atomic E-state index is -0.736. The molecule has 74 valence electrons. The summed E-state index contributed by atoms with van der Waals surface area (Å²) in [5, 5.41) is 9.59. The Morgan fingerprint density at radius 1 is 1.71 bits per heavy atom. The van der Waals surface area contributed by atoms with Crippen LogP contribution in [-0.2, 0) is 0 Å². The zero-order valence-electron chi connectivity index (χ0n) is 7.97. The zero-order chi connectivity index (χ0) is 10.4. The molecule has 1 heterocycles. The van der Waals surface area contributed by atoms with Gasteiger partial charge in [-0.2, -0.15) is 5.26 Å². The summed E-state index contributed by atoms with van der Waals surface area (Å²) in [4.78, 5) is 7.87. The fraction of sp³-hybridized carbons (Fsp3) is 0.444. The molecule has 0 amide bonds. The second-order valence-electron chi connectivity index (χ2n) is 3.18. The van der Waals surface area contributed by atoms with Crippen LogP contribution in [-0.4, -0.2) is 21.3 Å². The van der Waals surface area contributed by atoms with E-state index in [1.165, 1.54) is 6.33 Å². The molecule has 0 spiro atoms. The number of hydrogen-bond acceptors (Lipinski definition) is 5. The third-order valence-corrected chi connectivity index (χ3v) is 2.63. The molecule has 0 aliphatic carbocycles. The molecule has 0 aliphatic rings. The fourth-order valence-electron chi connectivity index (χ4n) is 0.787. The largest absolute Gasteiger partial charge is 0.314 e. The molecule has 4 nitrogen and oxygen atoms in total. The first-order valence-electron chi connectivity index (χ1n) is 4.23. The van der Waals surface area contributed by atoms with Gasteiger partial charge < -0.3 is 5.73 Å². The Bertz CT molecular complexity index is 317. The van der Waals surface area contributed by atoms with Crippen molar-refractivity contribution in [3.63, 3.8) is 0 Å². The topological polar surface area (TPSA) is 75.6 Å². The lowest BCUT2D eigenvalue weighted by molar-refractivity contribution is 0.583. The summed E-state index contributed by atoms with van der Waals surface area (Å²) in [5.41, 5.74) is 4.94. The number of rotatable bonds is 4. The number of hydrogen-bond donors (Lipinski definition) is 1. The molecular weight excluding hydrogens is 196 g/mol. The van der Waals surface area contributed by atoms with Gasteiger partial charge in [0.15, 0.2) is 0 Å². The molecule has 0 bridgehead atoms. The quantitative estimate of drug-likeness (QED) is 0.594. The minimum Gasteiger partial charge on any atom is -0.314 e. The first-order chi connectivity index (χ1) is 6.64. The lowest BCUT2D eigenvalue weighted by atomic mass is 10.0. The van der Waals surface area contributed by atoms with Crippen LogP contribution in [0.3, 0.4) is 0 Å². The van der Waals surface area contributed by atoms with E-state index in [2.05, 4.69) is 16.0 Å². The van der Waals surface area contributed by atoms with Crippen LogP contribution in [0.1, 0.15) is 13.3 Å². The van der Waals surface area contributed by atoms with E-state index in [9.17, 15) is 0 Å². The number of aromatic nitrogens is 2. The third-order valence-electron chi connectivity index (χ3n) is 1.68. The van der Waals surface area contributed by atoms with Crippen LogP contribution in [0.5, 0.6) is 0 Å². The van der Waals surface area contributed by atoms with E-state index in [0.717, 1.165) is 10.8 Å². The fourth-order valence-corrected chi connectivity index (χ4v) is 1.80. The maximum absolute atomic E-state index is 8.68. The smallest absolute Gasteiger partial charge is 0.116 e. The average Bonchev–Trinajstić information content (AvgIpc) is 2.19. The van der Waals surface area contributed by atoms with Gasteiger partial charge in [-0.15, -0.1) is 11.8 Å². The van der Waals surface area contributed by atoms with Crippen LogP contribution in [0, 0.1) is 11.3 Å². The van der Waals surface area contributed by atoms with Crippen molar-refractivity contribution in [3.8, 4) is 6.07 Å². The van der Waals surface area contributed by atoms with E-state index < -0.39 is 5.54 Å². The van der Waals surface area contributed by atoms with Crippen LogP contribution >= 0.6 is 11.8 Å². The van der Waals surface area contributed by atoms with E-state index in [1.54, 1.807) is 24.9 Å². The van der Waals surface area contributed by atoms with Crippen molar-refractivity contribution >= 4 is 11.8 Å². The van der Waals surface area contributed by atoms with Gasteiger partial charge in [0, 0.05) is 11.9 Å². The molecule has 0 saturated carbocycles. The Morgan fingerprint density at radius 3 is 3.07 bits per heavy atom. The summed E-state index contributed by atoms with van der Waals surface area (Å²) in [6.45, 7) is 1.73. The molecule has 0 saturated heterocycles. The Balaban J connectivity index is 2.34. The maximum Gasteiger partial charge on any atom is 0.116 e. The predicted molar refractivity (Wildman–Crippen MR) is 55.6 cm³/mol. The van der Waals surface area contributed by atoms with Crippen molar-refractivity contribution in [1.29, 1.82) is 5.26 Å². The molecule has 1 unspecified atom stereocenters. The second kappa shape index (κ2) is 4.94. The number of nitriles is 1. The maximum atomic E-state index is 8.68. The molecule has 0 aliphatic heterocycles. The number of nitrogens with zero attached hydrogens (tertiary/aromatic N) is 3. The lowest BCUT2D eigenvalue weighted by Gasteiger charge is -2.13. The van der Waals surface area contributed by atoms with Gasteiger partial charge in [0.05, 0.1) is 11.1 Å². The highest BCUT2D eigenvalue weighted by molar-refractivity contribution is 7.99. The van der Waals surface area contributed by atoms with E-state index in [-0.39, 0.29) is 0 Å². The van der Waals surface area contributed by atoms with Crippen molar-refractivity contribution in [1.82, 2.24) is 9.97 Å². The van der Waals surface area contributed by atoms with E-state index >= 15 is 0 Å². The van der Waals surface area contributed by atoms with Crippen molar-refractivity contribution in [2.75, 3.05) is 5.75 Å². The molecular formula is C9H12N4S. The summed E-state index contributed by atoms with van der Waals surface area (Å²) in [5.74, 6) is 0.789. The Hall–Kier alpha value is -1.12. The molecule has 14 heavy (non-hydrogen) atoms. The van der Waals surface area contributed by atoms with Crippen molar-refractivity contribution in [2.24, 2.45) is 5.73 Å². The van der Waals surface area contributed by atoms with Crippen molar-refractivity contribution in [2.45, 2.75) is 23.9 Å². The van der Waals surface area contributed by atoms with Gasteiger partial charge >= 0.3 is 0 Å². The predicted octanol–water partition coefficient (Wildman–Crippen LogP) is 1.20. The van der Waals surface area contributed by atoms with Crippen LogP contribution < -0.4 is 5.73 Å². The van der Waals surface area contributed by atoms with E-state index in [0.29, 0.717) is 6.42 Å². The highest BCUT2D eigenvalue weighted by atomic mass is 32.2. The first kappa shape index (κ1) is 11.0. The van der Waals surface area contributed by atoms with Gasteiger partial charge in [0.25, 0.3) is 0 Å². The summed E-state index contributed by atoms with van der Waals surface area (Å²) < 4.78 is 0. The highest BCUT2D eigenvalue weighted by Gasteiger charge is 2.16. The molecule has 0 fully saturated rings. The monoisotopic (exact) mass is 208 g/mol. The Kier molecular flexibility index (Phi) is 3.86. The van der Waals surface area contributed by atoms with Gasteiger partial charge in [0.2, 0.25) is 0 Å². The lowest BCUT2D eigenvalue weighted by Crippen LogP contribution is -2.34. The van der Waals surface area contributed by atoms with Gasteiger partial charge in [-0.3, -0.25) is 0 Å². The molecule has 0 radical (unpaired) electrons. The summed E-state index contributed by atoms with van der Waals surface area (Å²) in [6, 6.07) is 3.90. The SMILES string of the molecule is CC(N)(C#N)CCSc1ccncn1. The first-order valence-corrected chi connectivity index (χ1v) is 5.21. The summed E-state index contributed by atoms with van der Waals surface area (Å²) in [6.07, 6.45) is 3.85. The van der Waals surface area contributed by atoms with Crippen molar-refractivity contribution < 1.29 is 0 Å².